The molecule has 1 heterocycles. The molecule has 0 aliphatic heterocycles. The maximum atomic E-state index is 2.33. The largest absolute Gasteiger partial charge is 0.213 e. The van der Waals surface area contributed by atoms with Gasteiger partial charge in [0.25, 0.3) is 0 Å². The van der Waals surface area contributed by atoms with Crippen molar-refractivity contribution in [2.45, 2.75) is 13.3 Å². The number of aromatic nitrogens is 1. The smallest absolute Gasteiger partial charge is 0.201 e. The molecule has 0 saturated carbocycles. The lowest BCUT2D eigenvalue weighted by molar-refractivity contribution is -0.660. The van der Waals surface area contributed by atoms with E-state index in [0.29, 0.717) is 0 Å². The molecule has 1 aromatic heterocycles. The lowest BCUT2D eigenvalue weighted by atomic mass is 9.93. The number of benzene rings is 3. The van der Waals surface area contributed by atoms with Gasteiger partial charge >= 0.3 is 0 Å². The molecule has 1 aliphatic rings. The lowest BCUT2D eigenvalue weighted by Crippen LogP contribution is -2.31. The molecule has 0 N–H and O–H groups in total. The van der Waals surface area contributed by atoms with Crippen molar-refractivity contribution in [2.24, 2.45) is 7.05 Å². The third kappa shape index (κ3) is 2.59. The highest BCUT2D eigenvalue weighted by Crippen LogP contribution is 2.42. The van der Waals surface area contributed by atoms with Crippen LogP contribution in [-0.4, -0.2) is 0 Å². The Morgan fingerprint density at radius 3 is 2.37 bits per heavy atom. The SMILES string of the molecule is Cc1ccc2c(c1-c1cc(-c3ccccc3)cc[n+]1C)Cc1ccccc1-2. The summed E-state index contributed by atoms with van der Waals surface area (Å²) in [7, 11) is 2.14. The number of aryl methyl sites for hydroxylation is 2. The molecule has 0 amide bonds. The normalized spacial score (nSPS) is 11.9. The summed E-state index contributed by atoms with van der Waals surface area (Å²) in [6, 6.07) is 28.5. The molecule has 27 heavy (non-hydrogen) atoms. The topological polar surface area (TPSA) is 3.88 Å². The fourth-order valence-electron chi connectivity index (χ4n) is 4.31. The monoisotopic (exact) mass is 348 g/mol. The molecule has 1 nitrogen and oxygen atoms in total. The number of nitrogens with zero attached hydrogens (tertiary/aromatic N) is 1. The van der Waals surface area contributed by atoms with Crippen LogP contribution in [0.25, 0.3) is 33.5 Å². The van der Waals surface area contributed by atoms with Crippen LogP contribution in [-0.2, 0) is 13.5 Å². The molecule has 5 rings (SSSR count). The Labute approximate surface area is 160 Å². The Kier molecular flexibility index (Phi) is 3.68. The van der Waals surface area contributed by atoms with Crippen LogP contribution in [0.15, 0.2) is 85.1 Å². The van der Waals surface area contributed by atoms with E-state index < -0.39 is 0 Å². The zero-order valence-electron chi connectivity index (χ0n) is 15.7. The first kappa shape index (κ1) is 16.0. The molecule has 4 aromatic rings. The van der Waals surface area contributed by atoms with Crippen molar-refractivity contribution in [1.82, 2.24) is 0 Å². The summed E-state index contributed by atoms with van der Waals surface area (Å²) in [4.78, 5) is 0. The molecule has 0 spiro atoms. The van der Waals surface area contributed by atoms with Gasteiger partial charge < -0.3 is 0 Å². The van der Waals surface area contributed by atoms with Gasteiger partial charge in [0.2, 0.25) is 5.69 Å². The minimum Gasteiger partial charge on any atom is -0.201 e. The van der Waals surface area contributed by atoms with Crippen LogP contribution in [0, 0.1) is 6.92 Å². The van der Waals surface area contributed by atoms with Crippen molar-refractivity contribution < 1.29 is 4.57 Å². The van der Waals surface area contributed by atoms with Gasteiger partial charge in [0.05, 0.1) is 5.56 Å². The average molecular weight is 348 g/mol. The number of pyridine rings is 1. The van der Waals surface area contributed by atoms with E-state index in [1.807, 2.05) is 0 Å². The second kappa shape index (κ2) is 6.21. The predicted molar refractivity (Wildman–Crippen MR) is 111 cm³/mol. The van der Waals surface area contributed by atoms with Gasteiger partial charge in [-0.2, -0.15) is 0 Å². The van der Waals surface area contributed by atoms with Crippen LogP contribution in [0.5, 0.6) is 0 Å². The minimum atomic E-state index is 1.01. The van der Waals surface area contributed by atoms with E-state index in [2.05, 4.69) is 104 Å². The predicted octanol–water partition coefficient (Wildman–Crippen LogP) is 5.72. The fraction of sp³-hybridized carbons (Fsp3) is 0.115. The van der Waals surface area contributed by atoms with Crippen LogP contribution in [0.4, 0.5) is 0 Å². The van der Waals surface area contributed by atoms with Gasteiger partial charge in [-0.3, -0.25) is 0 Å². The maximum Gasteiger partial charge on any atom is 0.213 e. The summed E-state index contributed by atoms with van der Waals surface area (Å²) >= 11 is 0. The number of hydrogen-bond acceptors (Lipinski definition) is 0. The maximum absolute atomic E-state index is 2.33. The van der Waals surface area contributed by atoms with Crippen molar-refractivity contribution in [3.8, 4) is 33.5 Å². The summed E-state index contributed by atoms with van der Waals surface area (Å²) in [5, 5.41) is 0. The van der Waals surface area contributed by atoms with Gasteiger partial charge in [-0.1, -0.05) is 66.7 Å². The third-order valence-electron chi connectivity index (χ3n) is 5.71. The van der Waals surface area contributed by atoms with E-state index in [9.17, 15) is 0 Å². The average Bonchev–Trinajstić information content (AvgIpc) is 3.08. The minimum absolute atomic E-state index is 1.01. The van der Waals surface area contributed by atoms with Gasteiger partial charge in [0.15, 0.2) is 6.20 Å². The lowest BCUT2D eigenvalue weighted by Gasteiger charge is -2.12. The first-order valence-electron chi connectivity index (χ1n) is 9.48. The Balaban J connectivity index is 1.73. The molecular formula is C26H22N+. The summed E-state index contributed by atoms with van der Waals surface area (Å²) in [5.74, 6) is 0. The zero-order valence-corrected chi connectivity index (χ0v) is 15.7. The Hall–Kier alpha value is -3.19. The van der Waals surface area contributed by atoms with E-state index in [-0.39, 0.29) is 0 Å². The van der Waals surface area contributed by atoms with E-state index in [1.54, 1.807) is 0 Å². The highest BCUT2D eigenvalue weighted by atomic mass is 14.9. The van der Waals surface area contributed by atoms with Crippen molar-refractivity contribution in [3.63, 3.8) is 0 Å². The Bertz CT molecular complexity index is 1160. The van der Waals surface area contributed by atoms with Crippen LogP contribution in [0.1, 0.15) is 16.7 Å². The summed E-state index contributed by atoms with van der Waals surface area (Å²) in [6.07, 6.45) is 3.19. The van der Waals surface area contributed by atoms with E-state index >= 15 is 0 Å². The number of rotatable bonds is 2. The molecule has 0 saturated heterocycles. The van der Waals surface area contributed by atoms with E-state index in [1.165, 1.54) is 50.2 Å². The molecule has 0 bridgehead atoms. The van der Waals surface area contributed by atoms with E-state index in [0.717, 1.165) is 6.42 Å². The highest BCUT2D eigenvalue weighted by molar-refractivity contribution is 5.85. The summed E-state index contributed by atoms with van der Waals surface area (Å²) in [5.41, 5.74) is 12.2. The van der Waals surface area contributed by atoms with Gasteiger partial charge in [-0.25, -0.2) is 4.57 Å². The van der Waals surface area contributed by atoms with Crippen LogP contribution >= 0.6 is 0 Å². The quantitative estimate of drug-likeness (QED) is 0.359. The zero-order chi connectivity index (χ0) is 18.4. The van der Waals surface area contributed by atoms with Crippen molar-refractivity contribution in [2.75, 3.05) is 0 Å². The molecule has 1 aliphatic carbocycles. The molecule has 3 aromatic carbocycles. The third-order valence-corrected chi connectivity index (χ3v) is 5.71. The highest BCUT2D eigenvalue weighted by Gasteiger charge is 2.26. The summed E-state index contributed by atoms with van der Waals surface area (Å²) < 4.78 is 2.25. The van der Waals surface area contributed by atoms with Crippen molar-refractivity contribution >= 4 is 0 Å². The van der Waals surface area contributed by atoms with Crippen molar-refractivity contribution in [3.05, 3.63) is 102 Å². The second-order valence-electron chi connectivity index (χ2n) is 7.40. The van der Waals surface area contributed by atoms with Gasteiger partial charge in [-0.15, -0.1) is 0 Å². The standard InChI is InChI=1S/C26H22N/c1-18-12-13-23-22-11-7-6-10-21(22)16-24(23)26(18)25-17-20(14-15-27(25)2)19-8-4-3-5-9-19/h3-15,17H,16H2,1-2H3/q+1. The Morgan fingerprint density at radius 2 is 1.52 bits per heavy atom. The number of hydrogen-bond donors (Lipinski definition) is 0. The van der Waals surface area contributed by atoms with E-state index in [4.69, 9.17) is 0 Å². The van der Waals surface area contributed by atoms with Crippen LogP contribution < -0.4 is 4.57 Å². The van der Waals surface area contributed by atoms with Gasteiger partial charge in [0.1, 0.15) is 7.05 Å². The fourth-order valence-corrected chi connectivity index (χ4v) is 4.31. The first-order chi connectivity index (χ1) is 13.2. The molecule has 0 atom stereocenters. The van der Waals surface area contributed by atoms with Gasteiger partial charge in [-0.05, 0) is 52.3 Å². The second-order valence-corrected chi connectivity index (χ2v) is 7.40. The molecule has 1 heteroatoms. The molecular weight excluding hydrogens is 326 g/mol. The number of fused-ring (bicyclic) bond motifs is 3. The van der Waals surface area contributed by atoms with Crippen molar-refractivity contribution in [1.29, 1.82) is 0 Å². The molecule has 0 fully saturated rings. The van der Waals surface area contributed by atoms with Crippen LogP contribution in [0.3, 0.4) is 0 Å². The molecule has 0 radical (unpaired) electrons. The first-order valence-corrected chi connectivity index (χ1v) is 9.48. The molecule has 0 unspecified atom stereocenters. The van der Waals surface area contributed by atoms with Gasteiger partial charge in [0, 0.05) is 12.1 Å². The molecule has 130 valence electrons. The summed E-state index contributed by atoms with van der Waals surface area (Å²) in [6.45, 7) is 2.23. The Morgan fingerprint density at radius 1 is 0.741 bits per heavy atom. The van der Waals surface area contributed by atoms with Crippen LogP contribution in [0.2, 0.25) is 0 Å².